The number of rotatable bonds is 6. The van der Waals surface area contributed by atoms with Crippen LogP contribution in [0.2, 0.25) is 0 Å². The molecule has 110 valence electrons. The minimum Gasteiger partial charge on any atom is -0.383 e. The van der Waals surface area contributed by atoms with E-state index in [0.29, 0.717) is 13.1 Å². The molecule has 6 nitrogen and oxygen atoms in total. The number of amides is 1. The molecule has 0 fully saturated rings. The van der Waals surface area contributed by atoms with Crippen molar-refractivity contribution in [1.29, 1.82) is 0 Å². The Morgan fingerprint density at radius 3 is 2.52 bits per heavy atom. The second-order valence-electron chi connectivity index (χ2n) is 4.42. The third-order valence-electron chi connectivity index (χ3n) is 2.89. The van der Waals surface area contributed by atoms with Crippen LogP contribution in [0.1, 0.15) is 15.2 Å². The van der Waals surface area contributed by atoms with E-state index in [4.69, 9.17) is 0 Å². The van der Waals surface area contributed by atoms with E-state index in [9.17, 15) is 14.9 Å². The molecule has 2 N–H and O–H groups in total. The fraction of sp³-hybridized carbons (Fsp3) is 0.214. The lowest BCUT2D eigenvalue weighted by atomic mass is 10.3. The van der Waals surface area contributed by atoms with Gasteiger partial charge in [-0.1, -0.05) is 0 Å². The first-order chi connectivity index (χ1) is 10.1. The molecular weight excluding hydrogens is 290 g/mol. The molecule has 0 aliphatic rings. The van der Waals surface area contributed by atoms with Gasteiger partial charge in [-0.05, 0) is 36.1 Å². The molecule has 0 saturated carbocycles. The summed E-state index contributed by atoms with van der Waals surface area (Å²) in [5.41, 5.74) is 1.81. The maximum Gasteiger partial charge on any atom is 0.269 e. The van der Waals surface area contributed by atoms with E-state index in [1.165, 1.54) is 23.5 Å². The van der Waals surface area contributed by atoms with Gasteiger partial charge in [0.2, 0.25) is 0 Å². The standard InChI is InChI=1S/C14H15N3O3S/c1-10-6-9-21-13(10)14(18)16-8-7-15-11-2-4-12(5-3-11)17(19)20/h2-6,9,15H,7-8H2,1H3,(H,16,18). The SMILES string of the molecule is Cc1ccsc1C(=O)NCCNc1ccc([N+](=O)[O-])cc1. The molecule has 0 atom stereocenters. The van der Waals surface area contributed by atoms with Gasteiger partial charge in [-0.3, -0.25) is 14.9 Å². The van der Waals surface area contributed by atoms with Crippen molar-refractivity contribution in [2.45, 2.75) is 6.92 Å². The number of hydrogen-bond acceptors (Lipinski definition) is 5. The molecule has 0 aliphatic heterocycles. The van der Waals surface area contributed by atoms with E-state index in [1.54, 1.807) is 12.1 Å². The van der Waals surface area contributed by atoms with Crippen molar-refractivity contribution in [1.82, 2.24) is 5.32 Å². The molecule has 21 heavy (non-hydrogen) atoms. The van der Waals surface area contributed by atoms with Crippen molar-refractivity contribution >= 4 is 28.6 Å². The number of anilines is 1. The van der Waals surface area contributed by atoms with E-state index < -0.39 is 4.92 Å². The number of non-ortho nitro benzene ring substituents is 1. The molecule has 2 rings (SSSR count). The van der Waals surface area contributed by atoms with Crippen molar-refractivity contribution in [2.75, 3.05) is 18.4 Å². The van der Waals surface area contributed by atoms with Crippen molar-refractivity contribution in [3.63, 3.8) is 0 Å². The monoisotopic (exact) mass is 305 g/mol. The summed E-state index contributed by atoms with van der Waals surface area (Å²) < 4.78 is 0. The predicted molar refractivity (Wildman–Crippen MR) is 83.0 cm³/mol. The zero-order valence-electron chi connectivity index (χ0n) is 11.5. The number of carbonyl (C=O) groups is 1. The molecule has 0 bridgehead atoms. The second-order valence-corrected chi connectivity index (χ2v) is 5.34. The Labute approximate surface area is 126 Å². The van der Waals surface area contributed by atoms with Gasteiger partial charge in [-0.25, -0.2) is 0 Å². The average molecular weight is 305 g/mol. The van der Waals surface area contributed by atoms with E-state index in [1.807, 2.05) is 18.4 Å². The molecular formula is C14H15N3O3S. The Kier molecular flexibility index (Phi) is 4.89. The normalized spacial score (nSPS) is 10.1. The quantitative estimate of drug-likeness (QED) is 0.488. The third kappa shape index (κ3) is 4.03. The second kappa shape index (κ2) is 6.85. The number of aryl methyl sites for hydroxylation is 1. The lowest BCUT2D eigenvalue weighted by Crippen LogP contribution is -2.28. The van der Waals surface area contributed by atoms with Crippen molar-refractivity contribution in [3.8, 4) is 0 Å². The van der Waals surface area contributed by atoms with Crippen molar-refractivity contribution in [3.05, 3.63) is 56.3 Å². The first kappa shape index (κ1) is 15.0. The summed E-state index contributed by atoms with van der Waals surface area (Å²) in [4.78, 5) is 22.7. The summed E-state index contributed by atoms with van der Waals surface area (Å²) in [7, 11) is 0. The Morgan fingerprint density at radius 1 is 1.24 bits per heavy atom. The molecule has 0 saturated heterocycles. The van der Waals surface area contributed by atoms with Gasteiger partial charge in [0.25, 0.3) is 11.6 Å². The minimum absolute atomic E-state index is 0.0574. The highest BCUT2D eigenvalue weighted by molar-refractivity contribution is 7.12. The van der Waals surface area contributed by atoms with Crippen LogP contribution in [0, 0.1) is 17.0 Å². The fourth-order valence-electron chi connectivity index (χ4n) is 1.77. The number of nitrogens with one attached hydrogen (secondary N) is 2. The third-order valence-corrected chi connectivity index (χ3v) is 3.90. The summed E-state index contributed by atoms with van der Waals surface area (Å²) in [6, 6.07) is 8.08. The van der Waals surface area contributed by atoms with Gasteiger partial charge in [-0.2, -0.15) is 0 Å². The fourth-order valence-corrected chi connectivity index (χ4v) is 2.61. The van der Waals surface area contributed by atoms with Crippen LogP contribution in [0.25, 0.3) is 0 Å². The summed E-state index contributed by atoms with van der Waals surface area (Å²) in [6.45, 7) is 2.93. The molecule has 1 aromatic heterocycles. The first-order valence-corrected chi connectivity index (χ1v) is 7.26. The molecule has 0 aliphatic carbocycles. The highest BCUT2D eigenvalue weighted by atomic mass is 32.1. The highest BCUT2D eigenvalue weighted by Crippen LogP contribution is 2.16. The first-order valence-electron chi connectivity index (χ1n) is 6.38. The van der Waals surface area contributed by atoms with Gasteiger partial charge in [-0.15, -0.1) is 11.3 Å². The van der Waals surface area contributed by atoms with Crippen molar-refractivity contribution < 1.29 is 9.72 Å². The number of nitro benzene ring substituents is 1. The number of thiophene rings is 1. The van der Waals surface area contributed by atoms with Crippen LogP contribution in [0.4, 0.5) is 11.4 Å². The van der Waals surface area contributed by atoms with Gasteiger partial charge >= 0.3 is 0 Å². The minimum atomic E-state index is -0.437. The number of nitrogens with zero attached hydrogens (tertiary/aromatic N) is 1. The van der Waals surface area contributed by atoms with Crippen LogP contribution < -0.4 is 10.6 Å². The zero-order chi connectivity index (χ0) is 15.2. The van der Waals surface area contributed by atoms with Gasteiger partial charge in [0.15, 0.2) is 0 Å². The van der Waals surface area contributed by atoms with Crippen LogP contribution in [-0.4, -0.2) is 23.9 Å². The van der Waals surface area contributed by atoms with Gasteiger partial charge in [0.05, 0.1) is 9.80 Å². The summed E-state index contributed by atoms with van der Waals surface area (Å²) in [6.07, 6.45) is 0. The molecule has 1 aromatic carbocycles. The maximum atomic E-state index is 11.9. The van der Waals surface area contributed by atoms with Crippen molar-refractivity contribution in [2.24, 2.45) is 0 Å². The van der Waals surface area contributed by atoms with Crippen LogP contribution >= 0.6 is 11.3 Å². The number of hydrogen-bond donors (Lipinski definition) is 2. The molecule has 1 heterocycles. The number of carbonyl (C=O) groups excluding carboxylic acids is 1. The molecule has 7 heteroatoms. The van der Waals surface area contributed by atoms with Gasteiger partial charge < -0.3 is 10.6 Å². The number of benzene rings is 1. The van der Waals surface area contributed by atoms with Crippen LogP contribution in [0.15, 0.2) is 35.7 Å². The zero-order valence-corrected chi connectivity index (χ0v) is 12.3. The van der Waals surface area contributed by atoms with E-state index in [2.05, 4.69) is 10.6 Å². The molecule has 0 spiro atoms. The maximum absolute atomic E-state index is 11.9. The van der Waals surface area contributed by atoms with E-state index in [0.717, 1.165) is 16.1 Å². The lowest BCUT2D eigenvalue weighted by Gasteiger charge is -2.07. The smallest absolute Gasteiger partial charge is 0.269 e. The molecule has 2 aromatic rings. The highest BCUT2D eigenvalue weighted by Gasteiger charge is 2.09. The Hall–Kier alpha value is -2.41. The van der Waals surface area contributed by atoms with Gasteiger partial charge in [0, 0.05) is 30.9 Å². The van der Waals surface area contributed by atoms with Crippen LogP contribution in [-0.2, 0) is 0 Å². The molecule has 0 radical (unpaired) electrons. The lowest BCUT2D eigenvalue weighted by molar-refractivity contribution is -0.384. The largest absolute Gasteiger partial charge is 0.383 e. The summed E-state index contributed by atoms with van der Waals surface area (Å²) in [5, 5.41) is 18.3. The number of nitro groups is 1. The topological polar surface area (TPSA) is 84.3 Å². The Balaban J connectivity index is 1.76. The van der Waals surface area contributed by atoms with Gasteiger partial charge in [0.1, 0.15) is 0 Å². The predicted octanol–water partition coefficient (Wildman–Crippen LogP) is 2.81. The van der Waals surface area contributed by atoms with E-state index in [-0.39, 0.29) is 11.6 Å². The van der Waals surface area contributed by atoms with E-state index >= 15 is 0 Å². The summed E-state index contributed by atoms with van der Waals surface area (Å²) >= 11 is 1.42. The summed E-state index contributed by atoms with van der Waals surface area (Å²) in [5.74, 6) is -0.0759. The average Bonchev–Trinajstić information content (AvgIpc) is 2.90. The molecule has 0 unspecified atom stereocenters. The Morgan fingerprint density at radius 2 is 1.95 bits per heavy atom. The molecule has 1 amide bonds. The van der Waals surface area contributed by atoms with Crippen LogP contribution in [0.3, 0.4) is 0 Å². The Bertz CT molecular complexity index is 637. The van der Waals surface area contributed by atoms with Crippen LogP contribution in [0.5, 0.6) is 0 Å².